The fourth-order valence-electron chi connectivity index (χ4n) is 3.98. The Balaban J connectivity index is 1.47. The van der Waals surface area contributed by atoms with E-state index in [1.807, 2.05) is 29.2 Å². The summed E-state index contributed by atoms with van der Waals surface area (Å²) in [6.07, 6.45) is 1.48. The van der Waals surface area contributed by atoms with E-state index in [4.69, 9.17) is 0 Å². The van der Waals surface area contributed by atoms with Crippen molar-refractivity contribution in [1.82, 2.24) is 10.2 Å². The van der Waals surface area contributed by atoms with Crippen LogP contribution in [0.4, 0.5) is 5.69 Å². The van der Waals surface area contributed by atoms with Gasteiger partial charge in [0.05, 0.1) is 10.6 Å². The highest BCUT2D eigenvalue weighted by Crippen LogP contribution is 2.26. The Kier molecular flexibility index (Phi) is 7.87. The number of hydrogen-bond acceptors (Lipinski definition) is 4. The van der Waals surface area contributed by atoms with Crippen LogP contribution in [0.1, 0.15) is 24.0 Å². The van der Waals surface area contributed by atoms with Crippen LogP contribution < -0.4 is 9.62 Å². The number of benzene rings is 3. The smallest absolute Gasteiger partial charge is 0.264 e. The van der Waals surface area contributed by atoms with Crippen LogP contribution in [0.15, 0.2) is 88.2 Å². The van der Waals surface area contributed by atoms with Crippen molar-refractivity contribution in [3.05, 3.63) is 94.5 Å². The second-order valence-electron chi connectivity index (χ2n) is 8.32. The summed E-state index contributed by atoms with van der Waals surface area (Å²) in [6.45, 7) is 1.20. The molecule has 0 atom stereocenters. The van der Waals surface area contributed by atoms with E-state index in [0.29, 0.717) is 23.1 Å². The van der Waals surface area contributed by atoms with Crippen molar-refractivity contribution in [1.29, 1.82) is 0 Å². The van der Waals surface area contributed by atoms with Gasteiger partial charge >= 0.3 is 0 Å². The van der Waals surface area contributed by atoms with E-state index in [1.165, 1.54) is 12.1 Å². The maximum Gasteiger partial charge on any atom is 0.264 e. The second-order valence-corrected chi connectivity index (χ2v) is 11.1. The number of halogens is 1. The number of anilines is 1. The van der Waals surface area contributed by atoms with Gasteiger partial charge in [-0.3, -0.25) is 13.9 Å². The number of hydrogen-bond donors (Lipinski definition) is 1. The van der Waals surface area contributed by atoms with E-state index >= 15 is 0 Å². The molecule has 0 saturated carbocycles. The molecule has 1 aliphatic rings. The quantitative estimate of drug-likeness (QED) is 0.431. The van der Waals surface area contributed by atoms with Crippen LogP contribution in [0.2, 0.25) is 0 Å². The predicted octanol–water partition coefficient (Wildman–Crippen LogP) is 4.08. The highest BCUT2D eigenvalue weighted by molar-refractivity contribution is 9.10. The van der Waals surface area contributed by atoms with Gasteiger partial charge in [-0.05, 0) is 47.9 Å². The lowest BCUT2D eigenvalue weighted by Gasteiger charge is -2.24. The molecule has 2 amide bonds. The van der Waals surface area contributed by atoms with E-state index in [9.17, 15) is 18.0 Å². The molecule has 7 nitrogen and oxygen atoms in total. The molecule has 1 aliphatic heterocycles. The van der Waals surface area contributed by atoms with Crippen molar-refractivity contribution in [2.45, 2.75) is 30.8 Å². The lowest BCUT2D eigenvalue weighted by Crippen LogP contribution is -2.40. The Morgan fingerprint density at radius 3 is 2.43 bits per heavy atom. The molecule has 9 heteroatoms. The Bertz CT molecular complexity index is 1310. The van der Waals surface area contributed by atoms with Gasteiger partial charge in [0.15, 0.2) is 0 Å². The molecule has 1 saturated heterocycles. The molecule has 1 N–H and O–H groups in total. The number of amides is 2. The molecule has 1 fully saturated rings. The van der Waals surface area contributed by atoms with Crippen molar-refractivity contribution in [3.63, 3.8) is 0 Å². The van der Waals surface area contributed by atoms with E-state index in [0.717, 1.165) is 28.4 Å². The van der Waals surface area contributed by atoms with Gasteiger partial charge in [-0.2, -0.15) is 0 Å². The lowest BCUT2D eigenvalue weighted by molar-refractivity contribution is -0.128. The zero-order chi connectivity index (χ0) is 24.8. The van der Waals surface area contributed by atoms with Crippen molar-refractivity contribution < 1.29 is 18.0 Å². The molecule has 35 heavy (non-hydrogen) atoms. The molecule has 0 unspecified atom stereocenters. The highest BCUT2D eigenvalue weighted by atomic mass is 79.9. The molecule has 4 rings (SSSR count). The zero-order valence-electron chi connectivity index (χ0n) is 19.1. The fraction of sp³-hybridized carbons (Fsp3) is 0.231. The minimum Gasteiger partial charge on any atom is -0.350 e. The van der Waals surface area contributed by atoms with Gasteiger partial charge in [0.25, 0.3) is 10.0 Å². The average molecular weight is 556 g/mol. The summed E-state index contributed by atoms with van der Waals surface area (Å²) in [4.78, 5) is 26.7. The molecule has 3 aromatic carbocycles. The van der Waals surface area contributed by atoms with Crippen LogP contribution in [-0.2, 0) is 32.7 Å². The third kappa shape index (κ3) is 6.29. The van der Waals surface area contributed by atoms with E-state index < -0.39 is 15.9 Å². The number of carbonyl (C=O) groups excluding carboxylic acids is 2. The maximum atomic E-state index is 13.4. The standard InChI is InChI=1S/C26H26BrN3O4S/c27-22-9-5-10-23(16-22)30(35(33,34)24-11-2-1-3-12-24)19-25(31)28-17-20-7-4-8-21(15-20)18-29-14-6-13-26(29)32/h1-5,7-12,15-16H,6,13-14,17-19H2,(H,28,31). The first-order valence-corrected chi connectivity index (χ1v) is 13.5. The summed E-state index contributed by atoms with van der Waals surface area (Å²) >= 11 is 3.38. The topological polar surface area (TPSA) is 86.8 Å². The summed E-state index contributed by atoms with van der Waals surface area (Å²) in [6, 6.07) is 22.6. The first-order valence-electron chi connectivity index (χ1n) is 11.3. The molecule has 1 heterocycles. The third-order valence-electron chi connectivity index (χ3n) is 5.74. The van der Waals surface area contributed by atoms with Gasteiger partial charge in [-0.15, -0.1) is 0 Å². The Hall–Kier alpha value is -3.17. The Morgan fingerprint density at radius 1 is 0.971 bits per heavy atom. The van der Waals surface area contributed by atoms with Crippen LogP contribution in [-0.4, -0.2) is 38.2 Å². The number of nitrogens with zero attached hydrogens (tertiary/aromatic N) is 2. The molecular weight excluding hydrogens is 530 g/mol. The average Bonchev–Trinajstić information content (AvgIpc) is 3.26. The largest absolute Gasteiger partial charge is 0.350 e. The molecule has 0 spiro atoms. The summed E-state index contributed by atoms with van der Waals surface area (Å²) in [7, 11) is -3.96. The number of carbonyl (C=O) groups is 2. The van der Waals surface area contributed by atoms with Gasteiger partial charge in [-0.1, -0.05) is 64.5 Å². The van der Waals surface area contributed by atoms with Crippen molar-refractivity contribution in [2.75, 3.05) is 17.4 Å². The monoisotopic (exact) mass is 555 g/mol. The maximum absolute atomic E-state index is 13.4. The molecule has 182 valence electrons. The van der Waals surface area contributed by atoms with Crippen molar-refractivity contribution in [2.24, 2.45) is 0 Å². The molecule has 3 aromatic rings. The molecule has 0 radical (unpaired) electrons. The molecule has 0 bridgehead atoms. The van der Waals surface area contributed by atoms with Crippen molar-refractivity contribution >= 4 is 43.5 Å². The third-order valence-corrected chi connectivity index (χ3v) is 8.02. The van der Waals surface area contributed by atoms with Crippen LogP contribution in [0, 0.1) is 0 Å². The first kappa shape index (κ1) is 24.9. The van der Waals surface area contributed by atoms with E-state index in [2.05, 4.69) is 21.2 Å². The van der Waals surface area contributed by atoms with Gasteiger partial charge in [0, 0.05) is 30.5 Å². The minimum atomic E-state index is -3.96. The molecular formula is C26H26BrN3O4S. The van der Waals surface area contributed by atoms with Gasteiger partial charge in [0.2, 0.25) is 11.8 Å². The van der Waals surface area contributed by atoms with Crippen LogP contribution in [0.25, 0.3) is 0 Å². The number of rotatable bonds is 9. The number of likely N-dealkylation sites (tertiary alicyclic amines) is 1. The lowest BCUT2D eigenvalue weighted by atomic mass is 10.1. The zero-order valence-corrected chi connectivity index (χ0v) is 21.5. The molecule has 0 aromatic heterocycles. The van der Waals surface area contributed by atoms with E-state index in [-0.39, 0.29) is 23.9 Å². The number of sulfonamides is 1. The van der Waals surface area contributed by atoms with Crippen LogP contribution in [0.5, 0.6) is 0 Å². The molecule has 0 aliphatic carbocycles. The normalized spacial score (nSPS) is 13.6. The predicted molar refractivity (Wildman–Crippen MR) is 138 cm³/mol. The second kappa shape index (κ2) is 11.0. The van der Waals surface area contributed by atoms with Gasteiger partial charge in [0.1, 0.15) is 6.54 Å². The summed E-state index contributed by atoms with van der Waals surface area (Å²) < 4.78 is 28.6. The number of nitrogens with one attached hydrogen (secondary N) is 1. The van der Waals surface area contributed by atoms with Gasteiger partial charge in [-0.25, -0.2) is 8.42 Å². The Morgan fingerprint density at radius 2 is 1.71 bits per heavy atom. The van der Waals surface area contributed by atoms with Crippen LogP contribution >= 0.6 is 15.9 Å². The first-order chi connectivity index (χ1) is 16.8. The summed E-state index contributed by atoms with van der Waals surface area (Å²) in [5, 5.41) is 2.83. The minimum absolute atomic E-state index is 0.108. The Labute approximate surface area is 213 Å². The fourth-order valence-corrected chi connectivity index (χ4v) is 5.80. The van der Waals surface area contributed by atoms with Crippen molar-refractivity contribution in [3.8, 4) is 0 Å². The highest BCUT2D eigenvalue weighted by Gasteiger charge is 2.27. The van der Waals surface area contributed by atoms with Gasteiger partial charge < -0.3 is 10.2 Å². The summed E-state index contributed by atoms with van der Waals surface area (Å²) in [5.41, 5.74) is 2.26. The SMILES string of the molecule is O=C(CN(c1cccc(Br)c1)S(=O)(=O)c1ccccc1)NCc1cccc(CN2CCCC2=O)c1. The van der Waals surface area contributed by atoms with E-state index in [1.54, 1.807) is 42.5 Å². The van der Waals surface area contributed by atoms with Crippen LogP contribution in [0.3, 0.4) is 0 Å². The summed E-state index contributed by atoms with van der Waals surface area (Å²) in [5.74, 6) is -0.263.